The van der Waals surface area contributed by atoms with E-state index < -0.39 is 0 Å². The Balaban J connectivity index is 2.03. The van der Waals surface area contributed by atoms with Gasteiger partial charge in [0.2, 0.25) is 5.91 Å². The molecule has 2 unspecified atom stereocenters. The van der Waals surface area contributed by atoms with Crippen LogP contribution in [0.5, 0.6) is 0 Å². The maximum absolute atomic E-state index is 12.3. The van der Waals surface area contributed by atoms with Crippen LogP contribution in [0.15, 0.2) is 23.3 Å². The van der Waals surface area contributed by atoms with E-state index in [2.05, 4.69) is 37.1 Å². The molecular formula is C17H22N2O. The van der Waals surface area contributed by atoms with Gasteiger partial charge in [0, 0.05) is 18.9 Å². The van der Waals surface area contributed by atoms with Crippen molar-refractivity contribution in [2.75, 3.05) is 7.05 Å². The highest BCUT2D eigenvalue weighted by Crippen LogP contribution is 2.37. The van der Waals surface area contributed by atoms with Crippen molar-refractivity contribution in [1.82, 2.24) is 5.01 Å². The lowest BCUT2D eigenvalue weighted by Crippen LogP contribution is -2.44. The van der Waals surface area contributed by atoms with Crippen LogP contribution in [-0.4, -0.2) is 23.7 Å². The summed E-state index contributed by atoms with van der Waals surface area (Å²) < 4.78 is 0. The maximum atomic E-state index is 12.3. The molecule has 3 nitrogen and oxygen atoms in total. The number of carbonyl (C=O) groups is 1. The fraction of sp³-hybridized carbons (Fsp3) is 0.529. The molecule has 0 aromatic heterocycles. The number of benzene rings is 1. The zero-order valence-corrected chi connectivity index (χ0v) is 12.5. The van der Waals surface area contributed by atoms with Crippen molar-refractivity contribution in [2.24, 2.45) is 16.9 Å². The van der Waals surface area contributed by atoms with Crippen molar-refractivity contribution < 1.29 is 4.79 Å². The molecule has 0 N–H and O–H groups in total. The molecule has 20 heavy (non-hydrogen) atoms. The summed E-state index contributed by atoms with van der Waals surface area (Å²) in [4.78, 5) is 12.3. The third-order valence-corrected chi connectivity index (χ3v) is 4.81. The Morgan fingerprint density at radius 2 is 1.80 bits per heavy atom. The lowest BCUT2D eigenvalue weighted by Gasteiger charge is -2.37. The maximum Gasteiger partial charge on any atom is 0.246 e. The van der Waals surface area contributed by atoms with Gasteiger partial charge in [-0.3, -0.25) is 4.79 Å². The van der Waals surface area contributed by atoms with Gasteiger partial charge in [-0.2, -0.15) is 5.10 Å². The van der Waals surface area contributed by atoms with Gasteiger partial charge in [0.15, 0.2) is 0 Å². The zero-order chi connectivity index (χ0) is 14.3. The monoisotopic (exact) mass is 270 g/mol. The van der Waals surface area contributed by atoms with Crippen molar-refractivity contribution in [2.45, 2.75) is 39.5 Å². The molecule has 106 valence electrons. The summed E-state index contributed by atoms with van der Waals surface area (Å²) >= 11 is 0. The minimum Gasteiger partial charge on any atom is -0.273 e. The topological polar surface area (TPSA) is 32.7 Å². The van der Waals surface area contributed by atoms with E-state index in [4.69, 9.17) is 0 Å². The summed E-state index contributed by atoms with van der Waals surface area (Å²) in [5, 5.41) is 6.14. The van der Waals surface area contributed by atoms with Crippen LogP contribution in [0.3, 0.4) is 0 Å². The van der Waals surface area contributed by atoms with Gasteiger partial charge in [-0.1, -0.05) is 25.0 Å². The average Bonchev–Trinajstić information content (AvgIpc) is 2.46. The number of nitrogens with zero attached hydrogens (tertiary/aromatic N) is 2. The summed E-state index contributed by atoms with van der Waals surface area (Å²) in [5.41, 5.74) is 4.89. The van der Waals surface area contributed by atoms with Gasteiger partial charge in [-0.05, 0) is 49.4 Å². The summed E-state index contributed by atoms with van der Waals surface area (Å²) in [5.74, 6) is 0.652. The van der Waals surface area contributed by atoms with Crippen molar-refractivity contribution in [3.05, 3.63) is 34.9 Å². The Morgan fingerprint density at radius 3 is 2.50 bits per heavy atom. The lowest BCUT2D eigenvalue weighted by atomic mass is 9.73. The molecule has 2 atom stereocenters. The van der Waals surface area contributed by atoms with Crippen LogP contribution >= 0.6 is 0 Å². The van der Waals surface area contributed by atoms with Crippen molar-refractivity contribution >= 4 is 11.6 Å². The first-order chi connectivity index (χ1) is 9.58. The fourth-order valence-corrected chi connectivity index (χ4v) is 3.45. The van der Waals surface area contributed by atoms with Crippen LogP contribution in [-0.2, 0) is 4.79 Å². The number of fused-ring (bicyclic) bond motifs is 1. The summed E-state index contributed by atoms with van der Waals surface area (Å²) in [7, 11) is 1.79. The molecule has 0 saturated heterocycles. The van der Waals surface area contributed by atoms with Crippen molar-refractivity contribution in [3.63, 3.8) is 0 Å². The Morgan fingerprint density at radius 1 is 1.10 bits per heavy atom. The number of rotatable bonds is 1. The molecule has 1 heterocycles. The summed E-state index contributed by atoms with van der Waals surface area (Å²) in [6.07, 6.45) is 4.48. The summed E-state index contributed by atoms with van der Waals surface area (Å²) in [6, 6.07) is 6.52. The third kappa shape index (κ3) is 2.15. The molecular weight excluding hydrogens is 248 g/mol. The number of hydrogen-bond donors (Lipinski definition) is 0. The molecule has 1 aliphatic heterocycles. The first-order valence-corrected chi connectivity index (χ1v) is 7.51. The zero-order valence-electron chi connectivity index (χ0n) is 12.5. The number of aryl methyl sites for hydroxylation is 2. The van der Waals surface area contributed by atoms with Gasteiger partial charge in [0.25, 0.3) is 0 Å². The standard InChI is InChI=1S/C17H22N2O/c1-11-8-9-13(10-12(11)2)16-14-6-4-5-7-15(14)17(20)19(3)18-16/h8-10,14-15H,4-7H2,1-3H3. The molecule has 2 aliphatic rings. The molecule has 1 aliphatic carbocycles. The van der Waals surface area contributed by atoms with Crippen molar-refractivity contribution in [3.8, 4) is 0 Å². The highest BCUT2D eigenvalue weighted by Gasteiger charge is 2.39. The second kappa shape index (κ2) is 5.04. The van der Waals surface area contributed by atoms with Crippen LogP contribution in [0.2, 0.25) is 0 Å². The van der Waals surface area contributed by atoms with Gasteiger partial charge >= 0.3 is 0 Å². The van der Waals surface area contributed by atoms with Crippen LogP contribution < -0.4 is 0 Å². The smallest absolute Gasteiger partial charge is 0.246 e. The van der Waals surface area contributed by atoms with Gasteiger partial charge in [0.1, 0.15) is 0 Å². The Kier molecular flexibility index (Phi) is 3.36. The van der Waals surface area contributed by atoms with E-state index in [-0.39, 0.29) is 11.8 Å². The van der Waals surface area contributed by atoms with Crippen LogP contribution in [0.4, 0.5) is 0 Å². The molecule has 3 rings (SSSR count). The van der Waals surface area contributed by atoms with Gasteiger partial charge in [-0.25, -0.2) is 5.01 Å². The second-order valence-electron chi connectivity index (χ2n) is 6.14. The first kappa shape index (κ1) is 13.3. The Bertz CT molecular complexity index is 576. The first-order valence-electron chi connectivity index (χ1n) is 7.51. The molecule has 0 radical (unpaired) electrons. The van der Waals surface area contributed by atoms with E-state index in [9.17, 15) is 4.79 Å². The van der Waals surface area contributed by atoms with E-state index in [0.29, 0.717) is 5.92 Å². The number of amides is 1. The molecule has 3 heteroatoms. The fourth-order valence-electron chi connectivity index (χ4n) is 3.45. The quantitative estimate of drug-likeness (QED) is 0.770. The van der Waals surface area contributed by atoms with Gasteiger partial charge in [0.05, 0.1) is 5.71 Å². The Hall–Kier alpha value is -1.64. The number of hydrogen-bond acceptors (Lipinski definition) is 2. The highest BCUT2D eigenvalue weighted by atomic mass is 16.2. The van der Waals surface area contributed by atoms with Crippen LogP contribution in [0.1, 0.15) is 42.4 Å². The van der Waals surface area contributed by atoms with E-state index in [1.165, 1.54) is 29.5 Å². The second-order valence-corrected chi connectivity index (χ2v) is 6.14. The molecule has 0 spiro atoms. The average molecular weight is 270 g/mol. The minimum atomic E-state index is 0.142. The third-order valence-electron chi connectivity index (χ3n) is 4.81. The molecule has 1 aromatic carbocycles. The predicted octanol–water partition coefficient (Wildman–Crippen LogP) is 3.29. The minimum absolute atomic E-state index is 0.142. The SMILES string of the molecule is Cc1ccc(C2=NN(C)C(=O)C3CCCCC23)cc1C. The van der Waals surface area contributed by atoms with E-state index in [1.807, 2.05) is 0 Å². The van der Waals surface area contributed by atoms with Crippen molar-refractivity contribution in [1.29, 1.82) is 0 Å². The number of hydrazone groups is 1. The summed E-state index contributed by atoms with van der Waals surface area (Å²) in [6.45, 7) is 4.26. The molecule has 0 bridgehead atoms. The highest BCUT2D eigenvalue weighted by molar-refractivity contribution is 6.06. The lowest BCUT2D eigenvalue weighted by molar-refractivity contribution is -0.137. The van der Waals surface area contributed by atoms with Crippen LogP contribution in [0, 0.1) is 25.7 Å². The predicted molar refractivity (Wildman–Crippen MR) is 80.7 cm³/mol. The molecule has 1 aromatic rings. The van der Waals surface area contributed by atoms with E-state index in [1.54, 1.807) is 12.1 Å². The largest absolute Gasteiger partial charge is 0.273 e. The Labute approximate surface area is 120 Å². The molecule has 1 fully saturated rings. The molecule has 1 saturated carbocycles. The van der Waals surface area contributed by atoms with E-state index in [0.717, 1.165) is 18.6 Å². The normalized spacial score (nSPS) is 26.2. The van der Waals surface area contributed by atoms with Crippen LogP contribution in [0.25, 0.3) is 0 Å². The number of carbonyl (C=O) groups excluding carboxylic acids is 1. The van der Waals surface area contributed by atoms with E-state index >= 15 is 0 Å². The molecule has 1 amide bonds. The van der Waals surface area contributed by atoms with Gasteiger partial charge in [-0.15, -0.1) is 0 Å². The van der Waals surface area contributed by atoms with Gasteiger partial charge < -0.3 is 0 Å².